The van der Waals surface area contributed by atoms with Gasteiger partial charge in [-0.2, -0.15) is 4.31 Å². The van der Waals surface area contributed by atoms with E-state index in [4.69, 9.17) is 16.7 Å². The van der Waals surface area contributed by atoms with Gasteiger partial charge in [-0.15, -0.1) is 6.58 Å². The second kappa shape index (κ2) is 6.60. The fraction of sp³-hybridized carbons (Fsp3) is 0.357. The molecule has 21 heavy (non-hydrogen) atoms. The minimum atomic E-state index is -3.86. The Morgan fingerprint density at radius 2 is 2.05 bits per heavy atom. The van der Waals surface area contributed by atoms with Crippen LogP contribution in [0.5, 0.6) is 0 Å². The van der Waals surface area contributed by atoms with Crippen molar-refractivity contribution in [3.05, 3.63) is 40.9 Å². The van der Waals surface area contributed by atoms with Crippen molar-refractivity contribution in [2.75, 3.05) is 6.54 Å². The lowest BCUT2D eigenvalue weighted by atomic mass is 10.1. The van der Waals surface area contributed by atoms with E-state index < -0.39 is 16.0 Å². The van der Waals surface area contributed by atoms with Crippen molar-refractivity contribution < 1.29 is 18.3 Å². The average Bonchev–Trinajstić information content (AvgIpc) is 2.37. The molecule has 0 heterocycles. The lowest BCUT2D eigenvalue weighted by molar-refractivity contribution is 0.0696. The van der Waals surface area contributed by atoms with E-state index in [-0.39, 0.29) is 33.6 Å². The molecule has 116 valence electrons. The topological polar surface area (TPSA) is 74.7 Å². The van der Waals surface area contributed by atoms with Gasteiger partial charge in [0, 0.05) is 17.6 Å². The maximum Gasteiger partial charge on any atom is 0.336 e. The highest BCUT2D eigenvalue weighted by atomic mass is 35.5. The maximum atomic E-state index is 12.7. The molecule has 1 aromatic carbocycles. The van der Waals surface area contributed by atoms with E-state index in [1.165, 1.54) is 29.4 Å². The van der Waals surface area contributed by atoms with E-state index >= 15 is 0 Å². The maximum absolute atomic E-state index is 12.7. The number of carboxylic acids is 1. The lowest BCUT2D eigenvalue weighted by Gasteiger charge is -2.25. The van der Waals surface area contributed by atoms with Gasteiger partial charge in [0.05, 0.1) is 10.5 Å². The van der Waals surface area contributed by atoms with E-state index in [1.807, 2.05) is 0 Å². The normalized spacial score (nSPS) is 11.9. The molecule has 0 fully saturated rings. The fourth-order valence-electron chi connectivity index (χ4n) is 1.98. The monoisotopic (exact) mass is 331 g/mol. The number of rotatable bonds is 6. The summed E-state index contributed by atoms with van der Waals surface area (Å²) in [6, 6.07) is 2.22. The zero-order valence-corrected chi connectivity index (χ0v) is 13.7. The molecule has 0 saturated heterocycles. The molecule has 0 aliphatic rings. The first kappa shape index (κ1) is 17.7. The van der Waals surface area contributed by atoms with Gasteiger partial charge in [0.25, 0.3) is 0 Å². The molecule has 0 bridgehead atoms. The minimum absolute atomic E-state index is 0.0684. The first-order valence-corrected chi connectivity index (χ1v) is 8.11. The summed E-state index contributed by atoms with van der Waals surface area (Å²) in [6.07, 6.45) is 1.48. The van der Waals surface area contributed by atoms with Crippen LogP contribution < -0.4 is 0 Å². The van der Waals surface area contributed by atoms with Crippen molar-refractivity contribution in [3.8, 4) is 0 Å². The van der Waals surface area contributed by atoms with Gasteiger partial charge in [-0.1, -0.05) is 17.7 Å². The van der Waals surface area contributed by atoms with Crippen LogP contribution in [0, 0.1) is 6.92 Å². The van der Waals surface area contributed by atoms with Crippen LogP contribution in [-0.2, 0) is 10.0 Å². The van der Waals surface area contributed by atoms with Gasteiger partial charge in [-0.05, 0) is 38.5 Å². The number of aromatic carboxylic acids is 1. The summed E-state index contributed by atoms with van der Waals surface area (Å²) in [6.45, 7) is 8.61. The number of hydrogen-bond acceptors (Lipinski definition) is 3. The van der Waals surface area contributed by atoms with Crippen molar-refractivity contribution in [1.29, 1.82) is 0 Å². The summed E-state index contributed by atoms with van der Waals surface area (Å²) < 4.78 is 26.7. The van der Waals surface area contributed by atoms with Crippen LogP contribution in [0.1, 0.15) is 29.8 Å². The van der Waals surface area contributed by atoms with Crippen molar-refractivity contribution >= 4 is 27.6 Å². The summed E-state index contributed by atoms with van der Waals surface area (Å²) in [5.74, 6) is -1.22. The molecule has 5 nitrogen and oxygen atoms in total. The fourth-order valence-corrected chi connectivity index (χ4v) is 4.15. The summed E-state index contributed by atoms with van der Waals surface area (Å²) >= 11 is 5.87. The molecule has 0 radical (unpaired) electrons. The van der Waals surface area contributed by atoms with Crippen LogP contribution in [0.15, 0.2) is 29.7 Å². The molecule has 0 aliphatic carbocycles. The predicted octanol–water partition coefficient (Wildman–Crippen LogP) is 2.93. The van der Waals surface area contributed by atoms with E-state index in [2.05, 4.69) is 6.58 Å². The second-order valence-electron chi connectivity index (χ2n) is 4.84. The highest BCUT2D eigenvalue weighted by Crippen LogP contribution is 2.28. The smallest absolute Gasteiger partial charge is 0.336 e. The van der Waals surface area contributed by atoms with Gasteiger partial charge in [0.15, 0.2) is 0 Å². The molecule has 1 aromatic rings. The number of hydrogen-bond donors (Lipinski definition) is 1. The number of carbonyl (C=O) groups is 1. The molecule has 0 aliphatic heterocycles. The zero-order chi connectivity index (χ0) is 16.4. The van der Waals surface area contributed by atoms with E-state index in [0.717, 1.165) is 0 Å². The Balaban J connectivity index is 3.57. The Morgan fingerprint density at radius 3 is 2.48 bits per heavy atom. The molecule has 1 rings (SSSR count). The van der Waals surface area contributed by atoms with Crippen LogP contribution in [0.4, 0.5) is 0 Å². The average molecular weight is 332 g/mol. The van der Waals surface area contributed by atoms with Gasteiger partial charge in [0.1, 0.15) is 0 Å². The molecule has 0 atom stereocenters. The quantitative estimate of drug-likeness (QED) is 0.813. The Labute approximate surface area is 129 Å². The summed E-state index contributed by atoms with van der Waals surface area (Å²) in [7, 11) is -3.86. The summed E-state index contributed by atoms with van der Waals surface area (Å²) in [4.78, 5) is 11.1. The van der Waals surface area contributed by atoms with E-state index in [1.54, 1.807) is 13.8 Å². The Bertz CT molecular complexity index is 668. The Morgan fingerprint density at radius 1 is 1.48 bits per heavy atom. The van der Waals surface area contributed by atoms with Gasteiger partial charge in [-0.3, -0.25) is 0 Å². The molecule has 0 aromatic heterocycles. The highest BCUT2D eigenvalue weighted by Gasteiger charge is 2.29. The minimum Gasteiger partial charge on any atom is -0.478 e. The number of benzene rings is 1. The molecule has 0 unspecified atom stereocenters. The Kier molecular flexibility index (Phi) is 5.55. The van der Waals surface area contributed by atoms with Gasteiger partial charge >= 0.3 is 5.97 Å². The van der Waals surface area contributed by atoms with Crippen LogP contribution >= 0.6 is 11.6 Å². The van der Waals surface area contributed by atoms with Crippen molar-refractivity contribution in [2.45, 2.75) is 31.7 Å². The molecular formula is C14H18ClNO4S. The third kappa shape index (κ3) is 3.64. The third-order valence-corrected chi connectivity index (χ3v) is 5.41. The molecule has 1 N–H and O–H groups in total. The van der Waals surface area contributed by atoms with Crippen LogP contribution in [0.25, 0.3) is 0 Å². The molecule has 7 heteroatoms. The van der Waals surface area contributed by atoms with E-state index in [9.17, 15) is 13.2 Å². The van der Waals surface area contributed by atoms with Crippen molar-refractivity contribution in [1.82, 2.24) is 4.31 Å². The molecule has 0 amide bonds. The van der Waals surface area contributed by atoms with Gasteiger partial charge < -0.3 is 5.11 Å². The zero-order valence-electron chi connectivity index (χ0n) is 12.1. The number of carboxylic acid groups (broad SMARTS) is 1. The summed E-state index contributed by atoms with van der Waals surface area (Å²) in [5, 5.41) is 9.22. The molecular weight excluding hydrogens is 314 g/mol. The second-order valence-corrected chi connectivity index (χ2v) is 7.13. The summed E-state index contributed by atoms with van der Waals surface area (Å²) in [5.41, 5.74) is 0.0463. The van der Waals surface area contributed by atoms with Crippen LogP contribution in [0.2, 0.25) is 5.02 Å². The molecule has 0 spiro atoms. The SMILES string of the molecule is C=CCN(C(C)C)S(=O)(=O)c1cc(Cl)cc(C(=O)O)c1C. The number of sulfonamides is 1. The number of nitrogens with zero attached hydrogens (tertiary/aromatic N) is 1. The van der Waals surface area contributed by atoms with Crippen molar-refractivity contribution in [3.63, 3.8) is 0 Å². The molecule has 0 saturated carbocycles. The number of halogens is 1. The van der Waals surface area contributed by atoms with Gasteiger partial charge in [0.2, 0.25) is 10.0 Å². The highest BCUT2D eigenvalue weighted by molar-refractivity contribution is 7.89. The first-order valence-electron chi connectivity index (χ1n) is 6.29. The lowest BCUT2D eigenvalue weighted by Crippen LogP contribution is -2.37. The standard InChI is InChI=1S/C14H18ClNO4S/c1-5-6-16(9(2)3)21(19,20)13-8-11(15)7-12(10(13)4)14(17)18/h5,7-9H,1,6H2,2-4H3,(H,17,18). The predicted molar refractivity (Wildman–Crippen MR) is 82.4 cm³/mol. The van der Waals surface area contributed by atoms with Crippen LogP contribution in [0.3, 0.4) is 0 Å². The van der Waals surface area contributed by atoms with Crippen molar-refractivity contribution in [2.24, 2.45) is 0 Å². The Hall–Kier alpha value is -1.37. The third-order valence-electron chi connectivity index (χ3n) is 3.03. The first-order chi connectivity index (χ1) is 9.62. The van der Waals surface area contributed by atoms with Gasteiger partial charge in [-0.25, -0.2) is 13.2 Å². The van der Waals surface area contributed by atoms with Crippen LogP contribution in [-0.4, -0.2) is 36.4 Å². The largest absolute Gasteiger partial charge is 0.478 e. The van der Waals surface area contributed by atoms with E-state index in [0.29, 0.717) is 0 Å².